The zero-order chi connectivity index (χ0) is 17.2. The van der Waals surface area contributed by atoms with Gasteiger partial charge in [0.05, 0.1) is 12.1 Å². The van der Waals surface area contributed by atoms with Crippen molar-refractivity contribution in [1.82, 2.24) is 14.3 Å². The zero-order valence-corrected chi connectivity index (χ0v) is 14.4. The molecule has 0 N–H and O–H groups in total. The highest BCUT2D eigenvalue weighted by molar-refractivity contribution is 5.79. The second kappa shape index (κ2) is 6.59. The maximum atomic E-state index is 12.6. The lowest BCUT2D eigenvalue weighted by Crippen LogP contribution is -2.49. The maximum absolute atomic E-state index is 12.6. The first-order valence-electron chi connectivity index (χ1n) is 8.71. The van der Waals surface area contributed by atoms with Gasteiger partial charge in [-0.05, 0) is 36.8 Å². The Morgan fingerprint density at radius 3 is 2.60 bits per heavy atom. The van der Waals surface area contributed by atoms with Gasteiger partial charge in [-0.15, -0.1) is 0 Å². The van der Waals surface area contributed by atoms with Crippen molar-refractivity contribution in [2.24, 2.45) is 0 Å². The molecule has 5 nitrogen and oxygen atoms in total. The standard InChI is InChI=1S/C20H22N4O/c1-16-7-8-24-15-17(21-19(24)13-16)14-20(25)23-11-9-22(10-12-23)18-5-3-2-4-6-18/h2-8,13,15H,9-12,14H2,1H3. The fraction of sp³-hybridized carbons (Fsp3) is 0.300. The van der Waals surface area contributed by atoms with Crippen molar-refractivity contribution >= 4 is 17.2 Å². The molecule has 25 heavy (non-hydrogen) atoms. The summed E-state index contributed by atoms with van der Waals surface area (Å²) in [6, 6.07) is 14.5. The molecule has 3 aromatic rings. The van der Waals surface area contributed by atoms with Crippen molar-refractivity contribution < 1.29 is 4.79 Å². The Kier molecular flexibility index (Phi) is 4.14. The molecule has 1 aliphatic heterocycles. The van der Waals surface area contributed by atoms with Crippen molar-refractivity contribution in [3.8, 4) is 0 Å². The van der Waals surface area contributed by atoms with Crippen LogP contribution in [-0.2, 0) is 11.2 Å². The molecule has 2 aromatic heterocycles. The Morgan fingerprint density at radius 2 is 1.84 bits per heavy atom. The van der Waals surface area contributed by atoms with E-state index in [2.05, 4.69) is 34.1 Å². The summed E-state index contributed by atoms with van der Waals surface area (Å²) in [6.07, 6.45) is 4.31. The Morgan fingerprint density at radius 1 is 1.08 bits per heavy atom. The van der Waals surface area contributed by atoms with Gasteiger partial charge in [-0.25, -0.2) is 4.98 Å². The lowest BCUT2D eigenvalue weighted by molar-refractivity contribution is -0.130. The minimum Gasteiger partial charge on any atom is -0.368 e. The van der Waals surface area contributed by atoms with E-state index in [1.54, 1.807) is 0 Å². The van der Waals surface area contributed by atoms with Crippen LogP contribution in [-0.4, -0.2) is 46.4 Å². The van der Waals surface area contributed by atoms with Gasteiger partial charge in [0.2, 0.25) is 5.91 Å². The first-order chi connectivity index (χ1) is 12.2. The van der Waals surface area contributed by atoms with Gasteiger partial charge in [-0.1, -0.05) is 18.2 Å². The second-order valence-corrected chi connectivity index (χ2v) is 6.58. The molecule has 0 unspecified atom stereocenters. The largest absolute Gasteiger partial charge is 0.368 e. The average Bonchev–Trinajstić information content (AvgIpc) is 3.04. The first-order valence-corrected chi connectivity index (χ1v) is 8.71. The third-order valence-electron chi connectivity index (χ3n) is 4.75. The molecular weight excluding hydrogens is 312 g/mol. The van der Waals surface area contributed by atoms with Crippen LogP contribution in [0, 0.1) is 6.92 Å². The van der Waals surface area contributed by atoms with Crippen molar-refractivity contribution in [2.45, 2.75) is 13.3 Å². The molecule has 4 rings (SSSR count). The lowest BCUT2D eigenvalue weighted by Gasteiger charge is -2.36. The number of amides is 1. The van der Waals surface area contributed by atoms with Crippen LogP contribution in [0.5, 0.6) is 0 Å². The van der Waals surface area contributed by atoms with Gasteiger partial charge in [-0.3, -0.25) is 4.79 Å². The molecule has 0 aliphatic carbocycles. The summed E-state index contributed by atoms with van der Waals surface area (Å²) in [7, 11) is 0. The van der Waals surface area contributed by atoms with Crippen LogP contribution in [0.15, 0.2) is 54.9 Å². The molecular formula is C20H22N4O. The van der Waals surface area contributed by atoms with Gasteiger partial charge in [-0.2, -0.15) is 0 Å². The third kappa shape index (κ3) is 3.36. The highest BCUT2D eigenvalue weighted by atomic mass is 16.2. The monoisotopic (exact) mass is 334 g/mol. The minimum absolute atomic E-state index is 0.160. The number of hydrogen-bond donors (Lipinski definition) is 0. The number of carbonyl (C=O) groups is 1. The fourth-order valence-corrected chi connectivity index (χ4v) is 3.34. The van der Waals surface area contributed by atoms with E-state index in [1.165, 1.54) is 11.3 Å². The van der Waals surface area contributed by atoms with Crippen molar-refractivity contribution in [2.75, 3.05) is 31.1 Å². The van der Waals surface area contributed by atoms with Crippen LogP contribution in [0.2, 0.25) is 0 Å². The van der Waals surface area contributed by atoms with E-state index in [0.29, 0.717) is 6.42 Å². The number of carbonyl (C=O) groups excluding carboxylic acids is 1. The molecule has 0 saturated carbocycles. The molecule has 1 saturated heterocycles. The molecule has 128 valence electrons. The maximum Gasteiger partial charge on any atom is 0.228 e. The molecule has 0 bridgehead atoms. The van der Waals surface area contributed by atoms with Crippen LogP contribution >= 0.6 is 0 Å². The number of nitrogens with zero attached hydrogens (tertiary/aromatic N) is 4. The number of hydrogen-bond acceptors (Lipinski definition) is 3. The van der Waals surface area contributed by atoms with Gasteiger partial charge < -0.3 is 14.2 Å². The summed E-state index contributed by atoms with van der Waals surface area (Å²) in [5.41, 5.74) is 4.14. The molecule has 0 radical (unpaired) electrons. The second-order valence-electron chi connectivity index (χ2n) is 6.58. The van der Waals surface area contributed by atoms with E-state index in [9.17, 15) is 4.79 Å². The highest BCUT2D eigenvalue weighted by Crippen LogP contribution is 2.16. The number of aromatic nitrogens is 2. The Bertz CT molecular complexity index is 879. The summed E-state index contributed by atoms with van der Waals surface area (Å²) in [4.78, 5) is 21.5. The molecule has 1 aromatic carbocycles. The van der Waals surface area contributed by atoms with Crippen LogP contribution < -0.4 is 4.90 Å². The average molecular weight is 334 g/mol. The summed E-state index contributed by atoms with van der Waals surface area (Å²) in [5.74, 6) is 0.160. The van der Waals surface area contributed by atoms with Crippen LogP contribution in [0.1, 0.15) is 11.3 Å². The van der Waals surface area contributed by atoms with E-state index in [4.69, 9.17) is 0 Å². The third-order valence-corrected chi connectivity index (χ3v) is 4.75. The van der Waals surface area contributed by atoms with Crippen molar-refractivity contribution in [1.29, 1.82) is 0 Å². The number of aryl methyl sites for hydroxylation is 1. The number of anilines is 1. The molecule has 0 spiro atoms. The van der Waals surface area contributed by atoms with Crippen molar-refractivity contribution in [3.05, 3.63) is 66.1 Å². The number of fused-ring (bicyclic) bond motifs is 1. The van der Waals surface area contributed by atoms with E-state index >= 15 is 0 Å². The van der Waals surface area contributed by atoms with E-state index in [1.807, 2.05) is 46.8 Å². The number of benzene rings is 1. The van der Waals surface area contributed by atoms with Gasteiger partial charge in [0.15, 0.2) is 0 Å². The Labute approximate surface area is 147 Å². The van der Waals surface area contributed by atoms with Crippen LogP contribution in [0.3, 0.4) is 0 Å². The van der Waals surface area contributed by atoms with Gasteiger partial charge in [0, 0.05) is 44.3 Å². The van der Waals surface area contributed by atoms with E-state index < -0.39 is 0 Å². The fourth-order valence-electron chi connectivity index (χ4n) is 3.34. The normalized spacial score (nSPS) is 14.9. The molecule has 1 aliphatic rings. The SMILES string of the molecule is Cc1ccn2cc(CC(=O)N3CCN(c4ccccc4)CC3)nc2c1. The summed E-state index contributed by atoms with van der Waals surface area (Å²) >= 11 is 0. The van der Waals surface area contributed by atoms with E-state index in [0.717, 1.165) is 37.5 Å². The topological polar surface area (TPSA) is 40.9 Å². The zero-order valence-electron chi connectivity index (χ0n) is 14.4. The lowest BCUT2D eigenvalue weighted by atomic mass is 10.2. The van der Waals surface area contributed by atoms with Crippen LogP contribution in [0.4, 0.5) is 5.69 Å². The molecule has 5 heteroatoms. The van der Waals surface area contributed by atoms with Crippen LogP contribution in [0.25, 0.3) is 5.65 Å². The Balaban J connectivity index is 1.38. The van der Waals surface area contributed by atoms with Gasteiger partial charge >= 0.3 is 0 Å². The smallest absolute Gasteiger partial charge is 0.228 e. The molecule has 1 amide bonds. The number of rotatable bonds is 3. The number of imidazole rings is 1. The summed E-state index contributed by atoms with van der Waals surface area (Å²) in [5, 5.41) is 0. The first kappa shape index (κ1) is 15.7. The van der Waals surface area contributed by atoms with Gasteiger partial charge in [0.1, 0.15) is 5.65 Å². The minimum atomic E-state index is 0.160. The summed E-state index contributed by atoms with van der Waals surface area (Å²) < 4.78 is 1.98. The quantitative estimate of drug-likeness (QED) is 0.739. The predicted octanol–water partition coefficient (Wildman–Crippen LogP) is 2.53. The molecule has 0 atom stereocenters. The number of pyridine rings is 1. The predicted molar refractivity (Wildman–Crippen MR) is 98.9 cm³/mol. The molecule has 1 fully saturated rings. The number of para-hydroxylation sites is 1. The summed E-state index contributed by atoms with van der Waals surface area (Å²) in [6.45, 7) is 5.33. The molecule has 3 heterocycles. The highest BCUT2D eigenvalue weighted by Gasteiger charge is 2.22. The van der Waals surface area contributed by atoms with E-state index in [-0.39, 0.29) is 5.91 Å². The van der Waals surface area contributed by atoms with Gasteiger partial charge in [0.25, 0.3) is 0 Å². The number of piperazine rings is 1. The Hall–Kier alpha value is -2.82. The van der Waals surface area contributed by atoms with Crippen molar-refractivity contribution in [3.63, 3.8) is 0 Å².